The van der Waals surface area contributed by atoms with Crippen LogP contribution in [-0.2, 0) is 17.8 Å². The molecule has 0 saturated carbocycles. The number of carboxylic acid groups (broad SMARTS) is 1. The molecule has 1 unspecified atom stereocenters. The number of hydrogen-bond acceptors (Lipinski definition) is 2. The molecule has 1 atom stereocenters. The molecular formula is C16H22N2O3. The van der Waals surface area contributed by atoms with Crippen molar-refractivity contribution in [1.29, 1.82) is 0 Å². The number of carboxylic acids is 1. The average molecular weight is 290 g/mol. The number of nitrogens with zero attached hydrogens (tertiary/aromatic N) is 1. The van der Waals surface area contributed by atoms with Crippen molar-refractivity contribution in [1.82, 2.24) is 10.2 Å². The molecule has 0 fully saturated rings. The van der Waals surface area contributed by atoms with Crippen molar-refractivity contribution < 1.29 is 14.7 Å². The highest BCUT2D eigenvalue weighted by molar-refractivity contribution is 5.74. The first-order valence-electron chi connectivity index (χ1n) is 7.40. The Kier molecular flexibility index (Phi) is 5.20. The van der Waals surface area contributed by atoms with Crippen molar-refractivity contribution in [3.63, 3.8) is 0 Å². The normalized spacial score (nSPS) is 15.8. The van der Waals surface area contributed by atoms with Crippen LogP contribution in [0.25, 0.3) is 0 Å². The van der Waals surface area contributed by atoms with Gasteiger partial charge < -0.3 is 15.3 Å². The number of fused-ring (bicyclic) bond motifs is 1. The number of carbonyl (C=O) groups is 2. The minimum atomic E-state index is -0.834. The van der Waals surface area contributed by atoms with Gasteiger partial charge in [0, 0.05) is 25.6 Å². The van der Waals surface area contributed by atoms with Gasteiger partial charge in [-0.05, 0) is 37.3 Å². The number of benzene rings is 1. The van der Waals surface area contributed by atoms with E-state index in [1.54, 1.807) is 0 Å². The first-order chi connectivity index (χ1) is 10.1. The molecule has 1 heterocycles. The molecule has 114 valence electrons. The van der Waals surface area contributed by atoms with Crippen LogP contribution in [0.5, 0.6) is 0 Å². The summed E-state index contributed by atoms with van der Waals surface area (Å²) in [6, 6.07) is 7.97. The molecule has 21 heavy (non-hydrogen) atoms. The summed E-state index contributed by atoms with van der Waals surface area (Å²) in [6.45, 7) is 3.19. The fraction of sp³-hybridized carbons (Fsp3) is 0.500. The Labute approximate surface area is 125 Å². The van der Waals surface area contributed by atoms with Gasteiger partial charge in [-0.25, -0.2) is 4.79 Å². The maximum atomic E-state index is 12.3. The van der Waals surface area contributed by atoms with E-state index < -0.39 is 5.97 Å². The van der Waals surface area contributed by atoms with Gasteiger partial charge in [0.05, 0.1) is 0 Å². The van der Waals surface area contributed by atoms with Gasteiger partial charge in [-0.2, -0.15) is 0 Å². The molecule has 0 radical (unpaired) electrons. The van der Waals surface area contributed by atoms with Gasteiger partial charge >= 0.3 is 12.0 Å². The highest BCUT2D eigenvalue weighted by Gasteiger charge is 2.20. The van der Waals surface area contributed by atoms with Crippen LogP contribution < -0.4 is 5.32 Å². The van der Waals surface area contributed by atoms with Crippen LogP contribution in [0.2, 0.25) is 0 Å². The Bertz CT molecular complexity index is 516. The second kappa shape index (κ2) is 7.11. The molecule has 1 aliphatic heterocycles. The fourth-order valence-electron chi connectivity index (χ4n) is 2.59. The molecule has 2 N–H and O–H groups in total. The van der Waals surface area contributed by atoms with E-state index in [-0.39, 0.29) is 18.5 Å². The van der Waals surface area contributed by atoms with E-state index in [1.165, 1.54) is 11.1 Å². The molecule has 5 nitrogen and oxygen atoms in total. The summed E-state index contributed by atoms with van der Waals surface area (Å²) < 4.78 is 0. The zero-order valence-corrected chi connectivity index (χ0v) is 12.3. The van der Waals surface area contributed by atoms with Crippen LogP contribution in [0.15, 0.2) is 24.3 Å². The third kappa shape index (κ3) is 4.48. The SMILES string of the molecule is CC(CCC(=O)O)NC(=O)N1CCCc2ccccc2C1. The predicted molar refractivity (Wildman–Crippen MR) is 80.0 cm³/mol. The Balaban J connectivity index is 1.92. The lowest BCUT2D eigenvalue weighted by atomic mass is 10.0. The van der Waals surface area contributed by atoms with E-state index in [1.807, 2.05) is 24.0 Å². The zero-order chi connectivity index (χ0) is 15.2. The van der Waals surface area contributed by atoms with Crippen molar-refractivity contribution in [3.8, 4) is 0 Å². The molecule has 0 aromatic heterocycles. The number of amides is 2. The maximum absolute atomic E-state index is 12.3. The number of carbonyl (C=O) groups excluding carboxylic acids is 1. The van der Waals surface area contributed by atoms with Crippen molar-refractivity contribution in [3.05, 3.63) is 35.4 Å². The van der Waals surface area contributed by atoms with Crippen molar-refractivity contribution in [2.24, 2.45) is 0 Å². The highest BCUT2D eigenvalue weighted by Crippen LogP contribution is 2.18. The second-order valence-corrected chi connectivity index (χ2v) is 5.58. The van der Waals surface area contributed by atoms with Crippen molar-refractivity contribution in [2.75, 3.05) is 6.54 Å². The molecule has 1 aromatic carbocycles. The minimum Gasteiger partial charge on any atom is -0.481 e. The summed E-state index contributed by atoms with van der Waals surface area (Å²) in [5, 5.41) is 11.6. The van der Waals surface area contributed by atoms with Crippen LogP contribution >= 0.6 is 0 Å². The quantitative estimate of drug-likeness (QED) is 0.894. The van der Waals surface area contributed by atoms with E-state index in [4.69, 9.17) is 5.11 Å². The lowest BCUT2D eigenvalue weighted by molar-refractivity contribution is -0.137. The average Bonchev–Trinajstić information content (AvgIpc) is 2.67. The number of urea groups is 1. The summed E-state index contributed by atoms with van der Waals surface area (Å²) in [5.41, 5.74) is 2.51. The lowest BCUT2D eigenvalue weighted by Gasteiger charge is -2.24. The Morgan fingerprint density at radius 3 is 2.76 bits per heavy atom. The topological polar surface area (TPSA) is 69.6 Å². The Morgan fingerprint density at radius 2 is 2.05 bits per heavy atom. The monoisotopic (exact) mass is 290 g/mol. The third-order valence-corrected chi connectivity index (χ3v) is 3.80. The van der Waals surface area contributed by atoms with Gasteiger partial charge in [-0.15, -0.1) is 0 Å². The number of aryl methyl sites for hydroxylation is 1. The van der Waals surface area contributed by atoms with Crippen LogP contribution in [-0.4, -0.2) is 34.6 Å². The summed E-state index contributed by atoms with van der Waals surface area (Å²) in [7, 11) is 0. The minimum absolute atomic E-state index is 0.0737. The lowest BCUT2D eigenvalue weighted by Crippen LogP contribution is -2.43. The molecule has 0 spiro atoms. The van der Waals surface area contributed by atoms with E-state index in [9.17, 15) is 9.59 Å². The van der Waals surface area contributed by atoms with E-state index in [0.717, 1.165) is 19.4 Å². The summed E-state index contributed by atoms with van der Waals surface area (Å²) in [5.74, 6) is -0.834. The number of nitrogens with one attached hydrogen (secondary N) is 1. The van der Waals surface area contributed by atoms with E-state index >= 15 is 0 Å². The molecule has 0 bridgehead atoms. The van der Waals surface area contributed by atoms with Gasteiger partial charge in [-0.3, -0.25) is 4.79 Å². The maximum Gasteiger partial charge on any atom is 0.317 e. The predicted octanol–water partition coefficient (Wildman–Crippen LogP) is 2.40. The van der Waals surface area contributed by atoms with Crippen LogP contribution in [0, 0.1) is 0 Å². The molecule has 1 aromatic rings. The number of aliphatic carboxylic acids is 1. The number of rotatable bonds is 4. The molecule has 0 saturated heterocycles. The van der Waals surface area contributed by atoms with Gasteiger partial charge in [0.25, 0.3) is 0 Å². The Morgan fingerprint density at radius 1 is 1.33 bits per heavy atom. The number of hydrogen-bond donors (Lipinski definition) is 2. The first kappa shape index (κ1) is 15.4. The zero-order valence-electron chi connectivity index (χ0n) is 12.3. The van der Waals surface area contributed by atoms with Crippen molar-refractivity contribution >= 4 is 12.0 Å². The van der Waals surface area contributed by atoms with Gasteiger partial charge in [0.1, 0.15) is 0 Å². The summed E-state index contributed by atoms with van der Waals surface area (Å²) >= 11 is 0. The van der Waals surface area contributed by atoms with Crippen molar-refractivity contribution in [2.45, 2.75) is 45.2 Å². The van der Waals surface area contributed by atoms with Gasteiger partial charge in [-0.1, -0.05) is 24.3 Å². The van der Waals surface area contributed by atoms with E-state index in [2.05, 4.69) is 17.4 Å². The highest BCUT2D eigenvalue weighted by atomic mass is 16.4. The van der Waals surface area contributed by atoms with Gasteiger partial charge in [0.2, 0.25) is 0 Å². The Hall–Kier alpha value is -2.04. The molecule has 0 aliphatic carbocycles. The standard InChI is InChI=1S/C16H22N2O3/c1-12(8-9-15(19)20)17-16(21)18-10-4-7-13-5-2-3-6-14(13)11-18/h2-3,5-6,12H,4,7-11H2,1H3,(H,17,21)(H,19,20). The van der Waals surface area contributed by atoms with E-state index in [0.29, 0.717) is 13.0 Å². The molecule has 1 aliphatic rings. The summed E-state index contributed by atoms with van der Waals surface area (Å²) in [6.07, 6.45) is 2.47. The molecule has 2 rings (SSSR count). The molecular weight excluding hydrogens is 268 g/mol. The second-order valence-electron chi connectivity index (χ2n) is 5.58. The fourth-order valence-corrected chi connectivity index (χ4v) is 2.59. The molecule has 5 heteroatoms. The third-order valence-electron chi connectivity index (χ3n) is 3.80. The van der Waals surface area contributed by atoms with Crippen LogP contribution in [0.1, 0.15) is 37.3 Å². The van der Waals surface area contributed by atoms with Crippen LogP contribution in [0.3, 0.4) is 0 Å². The largest absolute Gasteiger partial charge is 0.481 e. The van der Waals surface area contributed by atoms with Crippen LogP contribution in [0.4, 0.5) is 4.79 Å². The smallest absolute Gasteiger partial charge is 0.317 e. The first-order valence-corrected chi connectivity index (χ1v) is 7.40. The molecule has 2 amide bonds. The summed E-state index contributed by atoms with van der Waals surface area (Å²) in [4.78, 5) is 24.6. The van der Waals surface area contributed by atoms with Gasteiger partial charge in [0.15, 0.2) is 0 Å².